The molecule has 3 aromatic carbocycles. The summed E-state index contributed by atoms with van der Waals surface area (Å²) in [5.74, 6) is 5.34. The summed E-state index contributed by atoms with van der Waals surface area (Å²) in [6, 6.07) is 20.9. The number of nitrogens with zero attached hydrogens (tertiary/aromatic N) is 1. The van der Waals surface area contributed by atoms with E-state index in [9.17, 15) is 0 Å². The van der Waals surface area contributed by atoms with Crippen molar-refractivity contribution in [2.75, 3.05) is 4.90 Å². The maximum Gasteiger partial charge on any atom is 0.260 e. The van der Waals surface area contributed by atoms with E-state index in [0.29, 0.717) is 0 Å². The lowest BCUT2D eigenvalue weighted by atomic mass is 9.34. The maximum absolute atomic E-state index is 6.60. The summed E-state index contributed by atoms with van der Waals surface area (Å²) < 4.78 is 19.5. The predicted octanol–water partition coefficient (Wildman–Crippen LogP) is 6.20. The molecule has 3 heterocycles. The zero-order valence-corrected chi connectivity index (χ0v) is 19.6. The van der Waals surface area contributed by atoms with Crippen molar-refractivity contribution in [3.05, 3.63) is 120 Å². The fourth-order valence-electron chi connectivity index (χ4n) is 5.86. The van der Waals surface area contributed by atoms with Crippen LogP contribution in [0.25, 0.3) is 0 Å². The molecular weight excluding hydrogens is 445 g/mol. The van der Waals surface area contributed by atoms with Crippen molar-refractivity contribution in [1.29, 1.82) is 0 Å². The lowest BCUT2D eigenvalue weighted by Crippen LogP contribution is -2.51. The first-order chi connectivity index (χ1) is 17.8. The third kappa shape index (κ3) is 2.83. The highest BCUT2D eigenvalue weighted by Gasteiger charge is 2.41. The van der Waals surface area contributed by atoms with Gasteiger partial charge in [-0.1, -0.05) is 54.6 Å². The molecule has 0 spiro atoms. The molecule has 3 aliphatic heterocycles. The first-order valence-electron chi connectivity index (χ1n) is 12.5. The van der Waals surface area contributed by atoms with Gasteiger partial charge in [0.05, 0.1) is 17.1 Å². The molecule has 172 valence electrons. The van der Waals surface area contributed by atoms with E-state index in [0.717, 1.165) is 76.3 Å². The van der Waals surface area contributed by atoms with Crippen molar-refractivity contribution in [2.45, 2.75) is 19.3 Å². The molecule has 0 amide bonds. The van der Waals surface area contributed by atoms with Crippen LogP contribution < -0.4 is 30.0 Å². The van der Waals surface area contributed by atoms with Crippen LogP contribution in [0.15, 0.2) is 120 Å². The second-order valence-corrected chi connectivity index (χ2v) is 9.55. The SMILES string of the molecule is C1=CC2=C(C=CC1)B1c3ccccc3Oc3cc(N4C5=C(CCC=C5)Oc5ccccc54)cc(c31)O2. The Morgan fingerprint density at radius 1 is 0.722 bits per heavy atom. The highest BCUT2D eigenvalue weighted by atomic mass is 16.5. The van der Waals surface area contributed by atoms with Crippen LogP contribution in [0.5, 0.6) is 23.0 Å². The van der Waals surface area contributed by atoms with Crippen LogP contribution in [-0.4, -0.2) is 6.71 Å². The molecule has 5 heteroatoms. The second kappa shape index (κ2) is 7.56. The Morgan fingerprint density at radius 2 is 1.53 bits per heavy atom. The number of ether oxygens (including phenoxy) is 3. The highest BCUT2D eigenvalue weighted by Crippen LogP contribution is 2.47. The third-order valence-electron chi connectivity index (χ3n) is 7.42. The van der Waals surface area contributed by atoms with Gasteiger partial charge in [-0.25, -0.2) is 0 Å². The molecule has 36 heavy (non-hydrogen) atoms. The van der Waals surface area contributed by atoms with E-state index in [4.69, 9.17) is 14.2 Å². The average molecular weight is 467 g/mol. The third-order valence-corrected chi connectivity index (χ3v) is 7.42. The van der Waals surface area contributed by atoms with Crippen LogP contribution in [0, 0.1) is 0 Å². The molecule has 0 saturated heterocycles. The Labute approximate surface area is 210 Å². The minimum absolute atomic E-state index is 0.0677. The van der Waals surface area contributed by atoms with Crippen LogP contribution in [0.4, 0.5) is 11.4 Å². The molecule has 5 aliphatic rings. The van der Waals surface area contributed by atoms with Crippen molar-refractivity contribution in [3.63, 3.8) is 0 Å². The summed E-state index contributed by atoms with van der Waals surface area (Å²) in [6.07, 6.45) is 15.8. The van der Waals surface area contributed by atoms with E-state index in [1.807, 2.05) is 18.2 Å². The van der Waals surface area contributed by atoms with Gasteiger partial charge >= 0.3 is 0 Å². The van der Waals surface area contributed by atoms with Gasteiger partial charge in [-0.2, -0.15) is 0 Å². The predicted molar refractivity (Wildman–Crippen MR) is 143 cm³/mol. The Bertz CT molecular complexity index is 1610. The number of hydrogen-bond donors (Lipinski definition) is 0. The Balaban J connectivity index is 1.37. The fourth-order valence-corrected chi connectivity index (χ4v) is 5.86. The summed E-state index contributed by atoms with van der Waals surface area (Å²) in [4.78, 5) is 2.27. The van der Waals surface area contributed by atoms with Gasteiger partial charge in [0, 0.05) is 24.0 Å². The lowest BCUT2D eigenvalue weighted by Gasteiger charge is -2.37. The van der Waals surface area contributed by atoms with Crippen molar-refractivity contribution >= 4 is 29.0 Å². The van der Waals surface area contributed by atoms with Crippen molar-refractivity contribution in [3.8, 4) is 23.0 Å². The first-order valence-corrected chi connectivity index (χ1v) is 12.5. The molecule has 0 saturated carbocycles. The molecule has 0 atom stereocenters. The van der Waals surface area contributed by atoms with Crippen molar-refractivity contribution < 1.29 is 14.2 Å². The molecule has 0 radical (unpaired) electrons. The summed E-state index contributed by atoms with van der Waals surface area (Å²) in [5.41, 5.74) is 6.51. The maximum atomic E-state index is 6.60. The topological polar surface area (TPSA) is 30.9 Å². The molecule has 0 N–H and O–H groups in total. The molecule has 3 aromatic rings. The summed E-state index contributed by atoms with van der Waals surface area (Å²) in [5, 5.41) is 0. The fraction of sp³-hybridized carbons (Fsp3) is 0.0968. The van der Waals surface area contributed by atoms with Crippen LogP contribution >= 0.6 is 0 Å². The normalized spacial score (nSPS) is 18.2. The van der Waals surface area contributed by atoms with Gasteiger partial charge in [0.1, 0.15) is 28.8 Å². The molecular formula is C31H22BNO3. The van der Waals surface area contributed by atoms with E-state index < -0.39 is 0 Å². The summed E-state index contributed by atoms with van der Waals surface area (Å²) in [7, 11) is 0. The Morgan fingerprint density at radius 3 is 2.47 bits per heavy atom. The standard InChI is InChI=1S/C31H22BNO3/c1-2-10-21-25(14-3-1)34-29-18-20(19-30-31(29)32(21)22-11-4-7-15-26(22)35-30)33-23-12-5-8-16-27(23)36-28-17-9-6-13-24(28)33/h2-8,10-16,18-19H,1,9,17H2. The van der Waals surface area contributed by atoms with Gasteiger partial charge < -0.3 is 19.1 Å². The number of para-hydroxylation sites is 3. The smallest absolute Gasteiger partial charge is 0.260 e. The van der Waals surface area contributed by atoms with Gasteiger partial charge in [0.25, 0.3) is 6.71 Å². The van der Waals surface area contributed by atoms with Crippen LogP contribution in [0.2, 0.25) is 0 Å². The van der Waals surface area contributed by atoms with E-state index in [1.54, 1.807) is 0 Å². The molecule has 0 aromatic heterocycles. The zero-order valence-electron chi connectivity index (χ0n) is 19.6. The molecule has 2 aliphatic carbocycles. The zero-order chi connectivity index (χ0) is 23.6. The second-order valence-electron chi connectivity index (χ2n) is 9.55. The number of anilines is 2. The quantitative estimate of drug-likeness (QED) is 0.399. The average Bonchev–Trinajstić information content (AvgIpc) is 3.16. The summed E-state index contributed by atoms with van der Waals surface area (Å²) >= 11 is 0. The van der Waals surface area contributed by atoms with Crippen LogP contribution in [0.3, 0.4) is 0 Å². The molecule has 0 unspecified atom stereocenters. The van der Waals surface area contributed by atoms with Gasteiger partial charge in [-0.05, 0) is 54.1 Å². The largest absolute Gasteiger partial charge is 0.458 e. The van der Waals surface area contributed by atoms with Gasteiger partial charge in [0.15, 0.2) is 5.75 Å². The Kier molecular flexibility index (Phi) is 4.18. The van der Waals surface area contributed by atoms with E-state index in [2.05, 4.69) is 83.8 Å². The van der Waals surface area contributed by atoms with E-state index in [-0.39, 0.29) is 6.71 Å². The van der Waals surface area contributed by atoms with Gasteiger partial charge in [0.2, 0.25) is 0 Å². The Hall–Kier alpha value is -4.38. The van der Waals surface area contributed by atoms with E-state index in [1.165, 1.54) is 10.9 Å². The number of allylic oxidation sites excluding steroid dienone is 8. The van der Waals surface area contributed by atoms with Crippen molar-refractivity contribution in [2.24, 2.45) is 0 Å². The van der Waals surface area contributed by atoms with Gasteiger partial charge in [-0.3, -0.25) is 0 Å². The molecule has 0 fully saturated rings. The number of hydrogen-bond acceptors (Lipinski definition) is 4. The van der Waals surface area contributed by atoms with E-state index >= 15 is 0 Å². The van der Waals surface area contributed by atoms with Crippen LogP contribution in [0.1, 0.15) is 19.3 Å². The minimum Gasteiger partial charge on any atom is -0.458 e. The number of benzene rings is 3. The molecule has 8 rings (SSSR count). The van der Waals surface area contributed by atoms with Crippen molar-refractivity contribution in [1.82, 2.24) is 0 Å². The summed E-state index contributed by atoms with van der Waals surface area (Å²) in [6.45, 7) is 0.0677. The molecule has 4 nitrogen and oxygen atoms in total. The first kappa shape index (κ1) is 19.9. The molecule has 0 bridgehead atoms. The van der Waals surface area contributed by atoms with Gasteiger partial charge in [-0.15, -0.1) is 0 Å². The lowest BCUT2D eigenvalue weighted by molar-refractivity contribution is 0.388. The highest BCUT2D eigenvalue weighted by molar-refractivity contribution is 6.93. The van der Waals surface area contributed by atoms with Crippen LogP contribution in [-0.2, 0) is 0 Å². The number of rotatable bonds is 1. The monoisotopic (exact) mass is 467 g/mol. The minimum atomic E-state index is 0.0677. The number of fused-ring (bicyclic) bond motifs is 4.